The van der Waals surface area contributed by atoms with E-state index in [0.717, 1.165) is 5.69 Å². The van der Waals surface area contributed by atoms with Gasteiger partial charge in [-0.2, -0.15) is 24.3 Å². The number of rotatable bonds is 1. The van der Waals surface area contributed by atoms with Crippen LogP contribution in [-0.2, 0) is 30.7 Å². The quantitative estimate of drug-likeness (QED) is 0.389. The van der Waals surface area contributed by atoms with Crippen LogP contribution in [0.1, 0.15) is 0 Å². The Balaban J connectivity index is 0. The van der Waals surface area contributed by atoms with Gasteiger partial charge < -0.3 is 19.2 Å². The number of carbonyl (C=O) groups excluding carboxylic acids is 2. The zero-order valence-corrected chi connectivity index (χ0v) is 11.5. The SMILES string of the molecule is CN1[B]N(c2[c-]cccc2)C=C1.[CH-]=O.[CH-]=O.[Pt]. The second kappa shape index (κ2) is 11.1. The summed E-state index contributed by atoms with van der Waals surface area (Å²) >= 11 is 0. The van der Waals surface area contributed by atoms with Gasteiger partial charge in [-0.1, -0.05) is 5.69 Å². The molecule has 93 valence electrons. The van der Waals surface area contributed by atoms with Gasteiger partial charge in [0.2, 0.25) is 0 Å². The fourth-order valence-corrected chi connectivity index (χ4v) is 1.14. The Hall–Kier alpha value is -1.35. The predicted molar refractivity (Wildman–Crippen MR) is 63.9 cm³/mol. The molecule has 0 N–H and O–H groups in total. The van der Waals surface area contributed by atoms with Crippen LogP contribution in [0.15, 0.2) is 36.7 Å². The fraction of sp³-hybridized carbons (Fsp3) is 0.0909. The molecule has 1 aliphatic rings. The van der Waals surface area contributed by atoms with Crippen molar-refractivity contribution in [1.82, 2.24) is 4.81 Å². The third-order valence-electron chi connectivity index (χ3n) is 1.74. The Labute approximate surface area is 117 Å². The number of para-hydroxylation sites is 1. The molecule has 0 fully saturated rings. The van der Waals surface area contributed by atoms with Crippen molar-refractivity contribution in [3.05, 3.63) is 42.7 Å². The monoisotopic (exact) mass is 409 g/mol. The largest absolute Gasteiger partial charge is 0.545 e. The summed E-state index contributed by atoms with van der Waals surface area (Å²) in [6, 6.07) is 11.1. The zero-order chi connectivity index (χ0) is 12.4. The average Bonchev–Trinajstić information content (AvgIpc) is 2.82. The standard InChI is InChI=1S/C9H9BN2.2CHO.Pt/c1-11-7-8-12(10-11)9-5-3-2-4-6-9;2*1-2;/h2-5,7-8H,1H3;2*1H;/q3*-1;. The van der Waals surface area contributed by atoms with Crippen LogP contribution in [0.3, 0.4) is 0 Å². The first-order valence-electron chi connectivity index (χ1n) is 4.34. The molecule has 1 heterocycles. The van der Waals surface area contributed by atoms with Crippen molar-refractivity contribution < 1.29 is 30.7 Å². The van der Waals surface area contributed by atoms with Gasteiger partial charge in [0.25, 0.3) is 0 Å². The van der Waals surface area contributed by atoms with E-state index in [1.807, 2.05) is 60.9 Å². The summed E-state index contributed by atoms with van der Waals surface area (Å²) < 4.78 is 0. The molecular weight excluding hydrogens is 398 g/mol. The van der Waals surface area contributed by atoms with Crippen molar-refractivity contribution in [1.29, 1.82) is 0 Å². The summed E-state index contributed by atoms with van der Waals surface area (Å²) in [6.45, 7) is 6.50. The molecule has 0 amide bonds. The molecule has 4 nitrogen and oxygen atoms in total. The molecule has 0 spiro atoms. The molecular formula is C11H11BN2O2Pt-3. The Morgan fingerprint density at radius 1 is 1.18 bits per heavy atom. The molecule has 2 rings (SSSR count). The maximum atomic E-state index is 7.75. The minimum Gasteiger partial charge on any atom is -0.545 e. The van der Waals surface area contributed by atoms with E-state index in [4.69, 9.17) is 9.59 Å². The third-order valence-corrected chi connectivity index (χ3v) is 1.74. The number of benzene rings is 1. The Morgan fingerprint density at radius 3 is 2.24 bits per heavy atom. The van der Waals surface area contributed by atoms with Crippen LogP contribution in [0.25, 0.3) is 0 Å². The van der Waals surface area contributed by atoms with Crippen molar-refractivity contribution in [2.75, 3.05) is 11.9 Å². The summed E-state index contributed by atoms with van der Waals surface area (Å²) in [4.78, 5) is 19.5. The molecule has 0 saturated carbocycles. The number of hydrogen-bond donors (Lipinski definition) is 0. The van der Waals surface area contributed by atoms with E-state index < -0.39 is 0 Å². The van der Waals surface area contributed by atoms with E-state index in [0.29, 0.717) is 0 Å². The second-order valence-electron chi connectivity index (χ2n) is 2.73. The molecule has 0 bridgehead atoms. The van der Waals surface area contributed by atoms with Crippen LogP contribution in [0.4, 0.5) is 5.69 Å². The molecule has 1 radical (unpaired) electrons. The van der Waals surface area contributed by atoms with Gasteiger partial charge in [-0.15, -0.1) is 6.07 Å². The van der Waals surface area contributed by atoms with Crippen LogP contribution < -0.4 is 4.81 Å². The van der Waals surface area contributed by atoms with E-state index in [1.54, 1.807) is 0 Å². The van der Waals surface area contributed by atoms with Crippen molar-refractivity contribution in [3.63, 3.8) is 0 Å². The normalized spacial score (nSPS) is 11.1. The van der Waals surface area contributed by atoms with Crippen molar-refractivity contribution >= 4 is 26.8 Å². The third kappa shape index (κ3) is 6.07. The van der Waals surface area contributed by atoms with Gasteiger partial charge in [0.1, 0.15) is 0 Å². The predicted octanol–water partition coefficient (Wildman–Crippen LogP) is 0.693. The van der Waals surface area contributed by atoms with Crippen molar-refractivity contribution in [2.45, 2.75) is 0 Å². The second-order valence-corrected chi connectivity index (χ2v) is 2.73. The fourth-order valence-electron chi connectivity index (χ4n) is 1.14. The summed E-state index contributed by atoms with van der Waals surface area (Å²) in [7, 11) is 4.01. The molecule has 0 aromatic heterocycles. The molecule has 0 saturated heterocycles. The maximum Gasteiger partial charge on any atom is 0.393 e. The molecule has 0 unspecified atom stereocenters. The average molecular weight is 409 g/mol. The Morgan fingerprint density at radius 2 is 1.82 bits per heavy atom. The van der Waals surface area contributed by atoms with E-state index in [2.05, 4.69) is 19.6 Å². The number of anilines is 1. The molecule has 1 aromatic carbocycles. The maximum absolute atomic E-state index is 7.75. The van der Waals surface area contributed by atoms with Gasteiger partial charge >= 0.3 is 7.55 Å². The first-order chi connectivity index (χ1) is 7.86. The van der Waals surface area contributed by atoms with Crippen LogP contribution in [0, 0.1) is 6.07 Å². The summed E-state index contributed by atoms with van der Waals surface area (Å²) in [5.41, 5.74) is 1.07. The minimum atomic E-state index is 0. The van der Waals surface area contributed by atoms with E-state index in [9.17, 15) is 0 Å². The molecule has 1 aliphatic heterocycles. The Kier molecular flexibility index (Phi) is 11.8. The van der Waals surface area contributed by atoms with Crippen LogP contribution >= 0.6 is 0 Å². The summed E-state index contributed by atoms with van der Waals surface area (Å²) in [6.07, 6.45) is 4.01. The molecule has 0 aliphatic carbocycles. The summed E-state index contributed by atoms with van der Waals surface area (Å²) in [5, 5.41) is 0. The van der Waals surface area contributed by atoms with Gasteiger partial charge in [0, 0.05) is 33.5 Å². The van der Waals surface area contributed by atoms with Gasteiger partial charge in [-0.3, -0.25) is 13.6 Å². The molecule has 1 aromatic rings. The molecule has 6 heteroatoms. The first kappa shape index (κ1) is 18.0. The van der Waals surface area contributed by atoms with Crippen molar-refractivity contribution in [3.8, 4) is 0 Å². The zero-order valence-electron chi connectivity index (χ0n) is 9.22. The smallest absolute Gasteiger partial charge is 0.393 e. The van der Waals surface area contributed by atoms with Gasteiger partial charge in [0.15, 0.2) is 0 Å². The Bertz CT molecular complexity index is 323. The summed E-state index contributed by atoms with van der Waals surface area (Å²) in [5.74, 6) is 0. The van der Waals surface area contributed by atoms with Gasteiger partial charge in [-0.25, -0.2) is 0 Å². The number of hydrogen-bond acceptors (Lipinski definition) is 4. The van der Waals surface area contributed by atoms with E-state index in [-0.39, 0.29) is 21.1 Å². The van der Waals surface area contributed by atoms with Gasteiger partial charge in [-0.05, 0) is 7.05 Å². The minimum absolute atomic E-state index is 0. The first-order valence-corrected chi connectivity index (χ1v) is 4.34. The molecule has 17 heavy (non-hydrogen) atoms. The van der Waals surface area contributed by atoms with Crippen LogP contribution in [-0.4, -0.2) is 33.0 Å². The topological polar surface area (TPSA) is 40.6 Å². The van der Waals surface area contributed by atoms with E-state index in [1.165, 1.54) is 0 Å². The van der Waals surface area contributed by atoms with Crippen LogP contribution in [0.2, 0.25) is 0 Å². The van der Waals surface area contributed by atoms with Crippen molar-refractivity contribution in [2.24, 2.45) is 0 Å². The van der Waals surface area contributed by atoms with Crippen LogP contribution in [0.5, 0.6) is 0 Å². The molecule has 0 atom stereocenters. The number of nitrogens with zero attached hydrogens (tertiary/aromatic N) is 2. The van der Waals surface area contributed by atoms with Gasteiger partial charge in [0.05, 0.1) is 0 Å². The van der Waals surface area contributed by atoms with E-state index >= 15 is 0 Å².